The SMILES string of the molecule is Cc1cc(C(=O)CN(C)CC(C)(C)O)c(C)n1CC(F)(F)F. The molecule has 1 N–H and O–H groups in total. The Morgan fingerprint density at radius 2 is 1.86 bits per heavy atom. The maximum atomic E-state index is 12.6. The molecule has 0 aromatic carbocycles. The fourth-order valence-corrected chi connectivity index (χ4v) is 2.55. The van der Waals surface area contributed by atoms with Gasteiger partial charge in [-0.3, -0.25) is 9.69 Å². The molecule has 0 atom stereocenters. The van der Waals surface area contributed by atoms with Gasteiger partial charge in [-0.25, -0.2) is 0 Å². The van der Waals surface area contributed by atoms with E-state index in [0.29, 0.717) is 23.5 Å². The molecule has 1 rings (SSSR count). The van der Waals surface area contributed by atoms with Gasteiger partial charge < -0.3 is 9.67 Å². The third kappa shape index (κ3) is 5.46. The maximum absolute atomic E-state index is 12.6. The number of likely N-dealkylation sites (N-methyl/N-ethyl adjacent to an activating group) is 1. The Kier molecular flexibility index (Phi) is 5.46. The van der Waals surface area contributed by atoms with Gasteiger partial charge in [-0.15, -0.1) is 0 Å². The molecule has 0 fully saturated rings. The first kappa shape index (κ1) is 18.7. The van der Waals surface area contributed by atoms with Crippen molar-refractivity contribution < 1.29 is 23.1 Å². The summed E-state index contributed by atoms with van der Waals surface area (Å²) in [5, 5.41) is 9.72. The number of nitrogens with zero attached hydrogens (tertiary/aromatic N) is 2. The largest absolute Gasteiger partial charge is 0.406 e. The summed E-state index contributed by atoms with van der Waals surface area (Å²) in [5.74, 6) is -0.256. The lowest BCUT2D eigenvalue weighted by Gasteiger charge is -2.24. The molecule has 7 heteroatoms. The van der Waals surface area contributed by atoms with Crippen molar-refractivity contribution in [3.63, 3.8) is 0 Å². The van der Waals surface area contributed by atoms with Crippen molar-refractivity contribution >= 4 is 5.78 Å². The number of aromatic nitrogens is 1. The molecule has 0 radical (unpaired) electrons. The van der Waals surface area contributed by atoms with Crippen LogP contribution < -0.4 is 0 Å². The summed E-state index contributed by atoms with van der Waals surface area (Å²) in [6.45, 7) is 5.56. The smallest absolute Gasteiger partial charge is 0.389 e. The zero-order valence-electron chi connectivity index (χ0n) is 13.6. The number of aliphatic hydroxyl groups is 1. The first-order chi connectivity index (χ1) is 9.80. The topological polar surface area (TPSA) is 45.5 Å². The third-order valence-corrected chi connectivity index (χ3v) is 3.28. The van der Waals surface area contributed by atoms with Crippen LogP contribution in [-0.4, -0.2) is 52.3 Å². The molecule has 0 aliphatic rings. The molecule has 0 aliphatic heterocycles. The monoisotopic (exact) mass is 320 g/mol. The van der Waals surface area contributed by atoms with Gasteiger partial charge in [-0.05, 0) is 40.8 Å². The van der Waals surface area contributed by atoms with E-state index >= 15 is 0 Å². The minimum Gasteiger partial charge on any atom is -0.389 e. The normalized spacial score (nSPS) is 13.0. The standard InChI is InChI=1S/C15H23F3N2O2/c1-10-6-12(11(2)20(10)9-15(16,17)18)13(21)7-19(5)8-14(3,4)22/h6,22H,7-9H2,1-5H3. The molecule has 0 unspecified atom stereocenters. The highest BCUT2D eigenvalue weighted by Gasteiger charge is 2.30. The molecule has 22 heavy (non-hydrogen) atoms. The predicted octanol–water partition coefficient (Wildman–Crippen LogP) is 2.55. The molecule has 1 aromatic heterocycles. The number of aryl methyl sites for hydroxylation is 1. The number of rotatable bonds is 6. The van der Waals surface area contributed by atoms with Crippen molar-refractivity contribution in [1.82, 2.24) is 9.47 Å². The highest BCUT2D eigenvalue weighted by Crippen LogP contribution is 2.23. The van der Waals surface area contributed by atoms with Gasteiger partial charge >= 0.3 is 6.18 Å². The van der Waals surface area contributed by atoms with E-state index in [-0.39, 0.29) is 12.3 Å². The number of carbonyl (C=O) groups excluding carboxylic acids is 1. The fourth-order valence-electron chi connectivity index (χ4n) is 2.55. The van der Waals surface area contributed by atoms with Crippen molar-refractivity contribution in [2.24, 2.45) is 0 Å². The first-order valence-corrected chi connectivity index (χ1v) is 6.98. The average molecular weight is 320 g/mol. The number of Topliss-reactive ketones (excluding diaryl/α,β-unsaturated/α-hetero) is 1. The molecule has 0 aliphatic carbocycles. The van der Waals surface area contributed by atoms with Crippen molar-refractivity contribution in [3.05, 3.63) is 23.0 Å². The summed E-state index contributed by atoms with van der Waals surface area (Å²) in [4.78, 5) is 13.9. The van der Waals surface area contributed by atoms with Crippen LogP contribution in [0.15, 0.2) is 6.07 Å². The quantitative estimate of drug-likeness (QED) is 0.820. The summed E-state index contributed by atoms with van der Waals surface area (Å²) in [6.07, 6.45) is -4.33. The van der Waals surface area contributed by atoms with E-state index in [1.807, 2.05) is 0 Å². The summed E-state index contributed by atoms with van der Waals surface area (Å²) in [6, 6.07) is 1.49. The molecule has 0 spiro atoms. The van der Waals surface area contributed by atoms with Crippen molar-refractivity contribution in [2.45, 2.75) is 46.0 Å². The van der Waals surface area contributed by atoms with E-state index in [0.717, 1.165) is 4.57 Å². The molecule has 0 amide bonds. The summed E-state index contributed by atoms with van der Waals surface area (Å²) in [5.41, 5.74) is 0.0755. The Morgan fingerprint density at radius 1 is 1.32 bits per heavy atom. The van der Waals surface area contributed by atoms with E-state index in [9.17, 15) is 23.1 Å². The molecule has 0 saturated carbocycles. The van der Waals surface area contributed by atoms with E-state index < -0.39 is 18.3 Å². The van der Waals surface area contributed by atoms with Gasteiger partial charge in [0.05, 0.1) is 12.1 Å². The Labute approximate surface area is 128 Å². The third-order valence-electron chi connectivity index (χ3n) is 3.28. The Bertz CT molecular complexity index is 542. The fraction of sp³-hybridized carbons (Fsp3) is 0.667. The van der Waals surface area contributed by atoms with Crippen molar-refractivity contribution in [1.29, 1.82) is 0 Å². The lowest BCUT2D eigenvalue weighted by atomic mass is 10.1. The van der Waals surface area contributed by atoms with Crippen LogP contribution in [0.2, 0.25) is 0 Å². The highest BCUT2D eigenvalue weighted by atomic mass is 19.4. The Morgan fingerprint density at radius 3 is 2.32 bits per heavy atom. The molecular weight excluding hydrogens is 297 g/mol. The lowest BCUT2D eigenvalue weighted by Crippen LogP contribution is -2.38. The van der Waals surface area contributed by atoms with Crippen LogP contribution in [0.5, 0.6) is 0 Å². The lowest BCUT2D eigenvalue weighted by molar-refractivity contribution is -0.141. The number of carbonyl (C=O) groups is 1. The number of ketones is 1. The van der Waals surface area contributed by atoms with Gasteiger partial charge in [0, 0.05) is 23.5 Å². The Balaban J connectivity index is 2.89. The van der Waals surface area contributed by atoms with Gasteiger partial charge in [-0.1, -0.05) is 0 Å². The van der Waals surface area contributed by atoms with Crippen LogP contribution in [0.25, 0.3) is 0 Å². The van der Waals surface area contributed by atoms with Crippen LogP contribution in [0.3, 0.4) is 0 Å². The molecule has 1 aromatic rings. The minimum atomic E-state index is -4.33. The molecule has 4 nitrogen and oxygen atoms in total. The van der Waals surface area contributed by atoms with Crippen molar-refractivity contribution in [3.8, 4) is 0 Å². The second-order valence-electron chi connectivity index (χ2n) is 6.39. The van der Waals surface area contributed by atoms with Crippen LogP contribution in [0, 0.1) is 13.8 Å². The van der Waals surface area contributed by atoms with Gasteiger partial charge in [0.25, 0.3) is 0 Å². The van der Waals surface area contributed by atoms with Gasteiger partial charge in [0.1, 0.15) is 6.54 Å². The zero-order valence-corrected chi connectivity index (χ0v) is 13.6. The van der Waals surface area contributed by atoms with Crippen LogP contribution >= 0.6 is 0 Å². The van der Waals surface area contributed by atoms with Crippen LogP contribution in [-0.2, 0) is 6.54 Å². The van der Waals surface area contributed by atoms with E-state index in [1.54, 1.807) is 32.7 Å². The average Bonchev–Trinajstić information content (AvgIpc) is 2.52. The Hall–Kier alpha value is -1.34. The van der Waals surface area contributed by atoms with Gasteiger partial charge in [-0.2, -0.15) is 13.2 Å². The molecule has 0 bridgehead atoms. The van der Waals surface area contributed by atoms with Crippen molar-refractivity contribution in [2.75, 3.05) is 20.1 Å². The minimum absolute atomic E-state index is 0.0420. The van der Waals surface area contributed by atoms with E-state index in [2.05, 4.69) is 0 Å². The molecule has 0 saturated heterocycles. The van der Waals surface area contributed by atoms with Gasteiger partial charge in [0.2, 0.25) is 0 Å². The predicted molar refractivity (Wildman–Crippen MR) is 78.1 cm³/mol. The highest BCUT2D eigenvalue weighted by molar-refractivity contribution is 5.99. The summed E-state index contributed by atoms with van der Waals surface area (Å²) < 4.78 is 38.8. The maximum Gasteiger partial charge on any atom is 0.406 e. The van der Waals surface area contributed by atoms with Gasteiger partial charge in [0.15, 0.2) is 5.78 Å². The first-order valence-electron chi connectivity index (χ1n) is 6.98. The molecular formula is C15H23F3N2O2. The van der Waals surface area contributed by atoms with Crippen LogP contribution in [0.4, 0.5) is 13.2 Å². The second-order valence-corrected chi connectivity index (χ2v) is 6.39. The zero-order chi connectivity index (χ0) is 17.3. The second kappa shape index (κ2) is 6.42. The number of halogens is 3. The van der Waals surface area contributed by atoms with E-state index in [1.165, 1.54) is 13.0 Å². The van der Waals surface area contributed by atoms with Crippen LogP contribution in [0.1, 0.15) is 35.6 Å². The number of hydrogen-bond acceptors (Lipinski definition) is 3. The van der Waals surface area contributed by atoms with E-state index in [4.69, 9.17) is 0 Å². The number of alkyl halides is 3. The summed E-state index contributed by atoms with van der Waals surface area (Å²) >= 11 is 0. The molecule has 1 heterocycles. The molecule has 126 valence electrons. The number of hydrogen-bond donors (Lipinski definition) is 1. The summed E-state index contributed by atoms with van der Waals surface area (Å²) in [7, 11) is 1.69.